The third-order valence-electron chi connectivity index (χ3n) is 4.04. The fourth-order valence-corrected chi connectivity index (χ4v) is 2.60. The SMILES string of the molecule is COc1cccc(C(=O)N2CC(C(C)C)NCC2CO)c1. The Morgan fingerprint density at radius 1 is 1.52 bits per heavy atom. The van der Waals surface area contributed by atoms with Crippen LogP contribution >= 0.6 is 0 Å². The van der Waals surface area contributed by atoms with Gasteiger partial charge in [-0.3, -0.25) is 4.79 Å². The number of hydrogen-bond donors (Lipinski definition) is 2. The zero-order valence-electron chi connectivity index (χ0n) is 12.9. The van der Waals surface area contributed by atoms with Crippen molar-refractivity contribution < 1.29 is 14.6 Å². The number of nitrogens with one attached hydrogen (secondary N) is 1. The molecular formula is C16H24N2O3. The molecule has 2 unspecified atom stereocenters. The summed E-state index contributed by atoms with van der Waals surface area (Å²) in [5.41, 5.74) is 0.595. The van der Waals surface area contributed by atoms with Crippen molar-refractivity contribution in [3.05, 3.63) is 29.8 Å². The molecule has 1 aromatic carbocycles. The Labute approximate surface area is 125 Å². The molecule has 1 aromatic rings. The highest BCUT2D eigenvalue weighted by Gasteiger charge is 2.32. The van der Waals surface area contributed by atoms with Gasteiger partial charge in [0, 0.05) is 24.7 Å². The van der Waals surface area contributed by atoms with Crippen molar-refractivity contribution in [3.8, 4) is 5.75 Å². The molecule has 0 spiro atoms. The van der Waals surface area contributed by atoms with Crippen molar-refractivity contribution in [1.82, 2.24) is 10.2 Å². The average molecular weight is 292 g/mol. The normalized spacial score (nSPS) is 22.4. The van der Waals surface area contributed by atoms with Gasteiger partial charge in [-0.05, 0) is 24.1 Å². The minimum Gasteiger partial charge on any atom is -0.497 e. The maximum Gasteiger partial charge on any atom is 0.254 e. The number of carbonyl (C=O) groups is 1. The molecule has 0 bridgehead atoms. The highest BCUT2D eigenvalue weighted by molar-refractivity contribution is 5.95. The summed E-state index contributed by atoms with van der Waals surface area (Å²) in [4.78, 5) is 14.5. The fraction of sp³-hybridized carbons (Fsp3) is 0.562. The molecule has 5 heteroatoms. The summed E-state index contributed by atoms with van der Waals surface area (Å²) in [6, 6.07) is 7.22. The Hall–Kier alpha value is -1.59. The van der Waals surface area contributed by atoms with E-state index in [0.717, 1.165) is 0 Å². The molecule has 1 aliphatic rings. The number of amides is 1. The molecule has 2 rings (SSSR count). The van der Waals surface area contributed by atoms with Gasteiger partial charge in [0.05, 0.1) is 19.8 Å². The summed E-state index contributed by atoms with van der Waals surface area (Å²) in [7, 11) is 1.58. The number of hydrogen-bond acceptors (Lipinski definition) is 4. The van der Waals surface area contributed by atoms with Crippen molar-refractivity contribution in [2.45, 2.75) is 25.9 Å². The lowest BCUT2D eigenvalue weighted by molar-refractivity contribution is 0.0434. The number of rotatable bonds is 4. The zero-order chi connectivity index (χ0) is 15.4. The van der Waals surface area contributed by atoms with Crippen molar-refractivity contribution in [3.63, 3.8) is 0 Å². The minimum absolute atomic E-state index is 0.0342. The lowest BCUT2D eigenvalue weighted by Gasteiger charge is -2.41. The molecule has 116 valence electrons. The molecule has 1 amide bonds. The monoisotopic (exact) mass is 292 g/mol. The molecule has 1 fully saturated rings. The van der Waals surface area contributed by atoms with Crippen LogP contribution < -0.4 is 10.1 Å². The van der Waals surface area contributed by atoms with E-state index in [9.17, 15) is 9.90 Å². The number of aliphatic hydroxyl groups is 1. The molecule has 0 aliphatic carbocycles. The summed E-state index contributed by atoms with van der Waals surface area (Å²) < 4.78 is 5.17. The van der Waals surface area contributed by atoms with Gasteiger partial charge in [-0.25, -0.2) is 0 Å². The number of methoxy groups -OCH3 is 1. The van der Waals surface area contributed by atoms with Crippen LogP contribution in [0.1, 0.15) is 24.2 Å². The molecule has 1 saturated heterocycles. The molecule has 21 heavy (non-hydrogen) atoms. The number of piperazine rings is 1. The summed E-state index contributed by atoms with van der Waals surface area (Å²) in [6.07, 6.45) is 0. The largest absolute Gasteiger partial charge is 0.497 e. The number of nitrogens with zero attached hydrogens (tertiary/aromatic N) is 1. The number of carbonyl (C=O) groups excluding carboxylic acids is 1. The van der Waals surface area contributed by atoms with Gasteiger partial charge >= 0.3 is 0 Å². The van der Waals surface area contributed by atoms with E-state index in [0.29, 0.717) is 30.3 Å². The van der Waals surface area contributed by atoms with Gasteiger partial charge in [-0.15, -0.1) is 0 Å². The maximum absolute atomic E-state index is 12.7. The van der Waals surface area contributed by atoms with E-state index in [4.69, 9.17) is 4.74 Å². The zero-order valence-corrected chi connectivity index (χ0v) is 12.9. The average Bonchev–Trinajstić information content (AvgIpc) is 2.53. The molecule has 2 N–H and O–H groups in total. The van der Waals surface area contributed by atoms with E-state index >= 15 is 0 Å². The van der Waals surface area contributed by atoms with Gasteiger partial charge < -0.3 is 20.1 Å². The Kier molecular flexibility index (Phi) is 5.20. The van der Waals surface area contributed by atoms with Crippen LogP contribution in [0.25, 0.3) is 0 Å². The summed E-state index contributed by atoms with van der Waals surface area (Å²) in [5, 5.41) is 12.9. The Morgan fingerprint density at radius 2 is 2.29 bits per heavy atom. The first-order chi connectivity index (χ1) is 10.1. The number of benzene rings is 1. The quantitative estimate of drug-likeness (QED) is 0.873. The van der Waals surface area contributed by atoms with Gasteiger partial charge in [0.2, 0.25) is 0 Å². The van der Waals surface area contributed by atoms with Crippen molar-refractivity contribution >= 4 is 5.91 Å². The molecule has 2 atom stereocenters. The first kappa shape index (κ1) is 15.8. The first-order valence-electron chi connectivity index (χ1n) is 7.36. The Bertz CT molecular complexity index is 490. The summed E-state index contributed by atoms with van der Waals surface area (Å²) in [6.45, 7) is 5.46. The summed E-state index contributed by atoms with van der Waals surface area (Å²) in [5.74, 6) is 1.04. The fourth-order valence-electron chi connectivity index (χ4n) is 2.60. The van der Waals surface area contributed by atoms with Gasteiger partial charge in [0.15, 0.2) is 0 Å². The third kappa shape index (κ3) is 3.54. The lowest BCUT2D eigenvalue weighted by atomic mass is 9.98. The third-order valence-corrected chi connectivity index (χ3v) is 4.04. The first-order valence-corrected chi connectivity index (χ1v) is 7.36. The van der Waals surface area contributed by atoms with Gasteiger partial charge in [-0.1, -0.05) is 19.9 Å². The predicted molar refractivity (Wildman–Crippen MR) is 81.5 cm³/mol. The van der Waals surface area contributed by atoms with Crippen LogP contribution in [0.4, 0.5) is 0 Å². The highest BCUT2D eigenvalue weighted by Crippen LogP contribution is 2.19. The summed E-state index contributed by atoms with van der Waals surface area (Å²) >= 11 is 0. The van der Waals surface area contributed by atoms with Crippen LogP contribution in [-0.2, 0) is 0 Å². The maximum atomic E-state index is 12.7. The molecule has 1 heterocycles. The second kappa shape index (κ2) is 6.91. The van der Waals surface area contributed by atoms with E-state index in [1.807, 2.05) is 12.1 Å². The van der Waals surface area contributed by atoms with Gasteiger partial charge in [0.25, 0.3) is 5.91 Å². The highest BCUT2D eigenvalue weighted by atomic mass is 16.5. The number of ether oxygens (including phenoxy) is 1. The van der Waals surface area contributed by atoms with E-state index in [2.05, 4.69) is 19.2 Å². The van der Waals surface area contributed by atoms with Crippen molar-refractivity contribution in [2.75, 3.05) is 26.8 Å². The molecular weight excluding hydrogens is 268 g/mol. The van der Waals surface area contributed by atoms with Crippen LogP contribution in [0.15, 0.2) is 24.3 Å². The van der Waals surface area contributed by atoms with E-state index in [1.54, 1.807) is 24.1 Å². The van der Waals surface area contributed by atoms with Crippen LogP contribution in [-0.4, -0.2) is 54.8 Å². The van der Waals surface area contributed by atoms with Crippen LogP contribution in [0.3, 0.4) is 0 Å². The second-order valence-corrected chi connectivity index (χ2v) is 5.78. The van der Waals surface area contributed by atoms with E-state index in [-0.39, 0.29) is 24.6 Å². The van der Waals surface area contributed by atoms with Gasteiger partial charge in [-0.2, -0.15) is 0 Å². The Balaban J connectivity index is 2.20. The minimum atomic E-state index is -0.182. The van der Waals surface area contributed by atoms with Crippen LogP contribution in [0.2, 0.25) is 0 Å². The second-order valence-electron chi connectivity index (χ2n) is 5.78. The van der Waals surface area contributed by atoms with Crippen molar-refractivity contribution in [1.29, 1.82) is 0 Å². The number of aliphatic hydroxyl groups excluding tert-OH is 1. The Morgan fingerprint density at radius 3 is 2.90 bits per heavy atom. The standard InChI is InChI=1S/C16H24N2O3/c1-11(2)15-9-18(13(10-19)8-17-15)16(20)12-5-4-6-14(7-12)21-3/h4-7,11,13,15,17,19H,8-10H2,1-3H3. The smallest absolute Gasteiger partial charge is 0.254 e. The lowest BCUT2D eigenvalue weighted by Crippen LogP contribution is -2.60. The van der Waals surface area contributed by atoms with Crippen LogP contribution in [0.5, 0.6) is 5.75 Å². The topological polar surface area (TPSA) is 61.8 Å². The van der Waals surface area contributed by atoms with E-state index in [1.165, 1.54) is 0 Å². The molecule has 0 aromatic heterocycles. The predicted octanol–water partition coefficient (Wildman–Crippen LogP) is 1.13. The van der Waals surface area contributed by atoms with Crippen LogP contribution in [0, 0.1) is 5.92 Å². The molecule has 0 radical (unpaired) electrons. The van der Waals surface area contributed by atoms with Crippen molar-refractivity contribution in [2.24, 2.45) is 5.92 Å². The molecule has 5 nitrogen and oxygen atoms in total. The molecule has 1 aliphatic heterocycles. The van der Waals surface area contributed by atoms with Gasteiger partial charge in [0.1, 0.15) is 5.75 Å². The van der Waals surface area contributed by atoms with E-state index < -0.39 is 0 Å². The molecule has 0 saturated carbocycles.